The maximum absolute atomic E-state index is 12.9. The molecule has 1 aromatic carbocycles. The highest BCUT2D eigenvalue weighted by molar-refractivity contribution is 7.89. The van der Waals surface area contributed by atoms with Crippen molar-refractivity contribution >= 4 is 15.9 Å². The fourth-order valence-electron chi connectivity index (χ4n) is 3.85. The topological polar surface area (TPSA) is 111 Å². The van der Waals surface area contributed by atoms with Gasteiger partial charge < -0.3 is 19.3 Å². The third kappa shape index (κ3) is 4.01. The molecule has 1 fully saturated rings. The minimum Gasteiger partial charge on any atom is -0.486 e. The van der Waals surface area contributed by atoms with Crippen LogP contribution in [0.2, 0.25) is 0 Å². The summed E-state index contributed by atoms with van der Waals surface area (Å²) < 4.78 is 43.7. The lowest BCUT2D eigenvalue weighted by Gasteiger charge is -2.31. The third-order valence-electron chi connectivity index (χ3n) is 5.46. The van der Waals surface area contributed by atoms with Gasteiger partial charge in [0.25, 0.3) is 0 Å². The van der Waals surface area contributed by atoms with Crippen molar-refractivity contribution in [3.8, 4) is 11.5 Å². The molecule has 1 amide bonds. The molecule has 1 unspecified atom stereocenters. The van der Waals surface area contributed by atoms with Gasteiger partial charge in [-0.2, -0.15) is 4.31 Å². The lowest BCUT2D eigenvalue weighted by atomic mass is 9.97. The number of hydrogen-bond acceptors (Lipinski definition) is 7. The van der Waals surface area contributed by atoms with Crippen LogP contribution in [0.3, 0.4) is 0 Å². The molecular weight excluding hydrogens is 410 g/mol. The number of amides is 1. The van der Waals surface area contributed by atoms with Crippen LogP contribution < -0.4 is 14.8 Å². The SMILES string of the molecule is Cc1noc(C)c1S(=O)(=O)N1CCC(C(=O)NCC2COc3ccccc3O2)CC1. The van der Waals surface area contributed by atoms with Crippen LogP contribution in [-0.2, 0) is 14.8 Å². The minimum atomic E-state index is -3.68. The molecule has 0 saturated carbocycles. The summed E-state index contributed by atoms with van der Waals surface area (Å²) in [6.45, 7) is 4.46. The third-order valence-corrected chi connectivity index (χ3v) is 7.61. The molecule has 3 heterocycles. The number of ether oxygens (including phenoxy) is 2. The van der Waals surface area contributed by atoms with Gasteiger partial charge in [-0.25, -0.2) is 8.42 Å². The Morgan fingerprint density at radius 2 is 1.90 bits per heavy atom. The maximum atomic E-state index is 12.9. The van der Waals surface area contributed by atoms with E-state index in [2.05, 4.69) is 10.5 Å². The Kier molecular flexibility index (Phi) is 5.70. The van der Waals surface area contributed by atoms with Gasteiger partial charge in [0, 0.05) is 19.0 Å². The smallest absolute Gasteiger partial charge is 0.248 e. The number of hydrogen-bond donors (Lipinski definition) is 1. The largest absolute Gasteiger partial charge is 0.486 e. The van der Waals surface area contributed by atoms with E-state index < -0.39 is 10.0 Å². The Balaban J connectivity index is 1.29. The standard InChI is InChI=1S/C20H25N3O6S/c1-13-19(14(2)29-22-13)30(25,26)23-9-7-15(8-10-23)20(24)21-11-16-12-27-17-5-3-4-6-18(17)28-16/h3-6,15-16H,7-12H2,1-2H3,(H,21,24). The summed E-state index contributed by atoms with van der Waals surface area (Å²) in [7, 11) is -3.68. The first kappa shape index (κ1) is 20.7. The van der Waals surface area contributed by atoms with Gasteiger partial charge >= 0.3 is 0 Å². The van der Waals surface area contributed by atoms with Crippen LogP contribution in [0, 0.1) is 19.8 Å². The minimum absolute atomic E-state index is 0.0909. The summed E-state index contributed by atoms with van der Waals surface area (Å²) in [5.74, 6) is 1.32. The Morgan fingerprint density at radius 1 is 1.20 bits per heavy atom. The van der Waals surface area contributed by atoms with E-state index in [0.29, 0.717) is 43.2 Å². The van der Waals surface area contributed by atoms with E-state index in [1.54, 1.807) is 13.8 Å². The molecule has 1 atom stereocenters. The summed E-state index contributed by atoms with van der Waals surface area (Å²) in [6.07, 6.45) is 0.655. The van der Waals surface area contributed by atoms with Gasteiger partial charge in [-0.3, -0.25) is 4.79 Å². The number of nitrogens with one attached hydrogen (secondary N) is 1. The number of carbonyl (C=O) groups is 1. The van der Waals surface area contributed by atoms with Crippen molar-refractivity contribution in [1.29, 1.82) is 0 Å². The maximum Gasteiger partial charge on any atom is 0.248 e. The van der Waals surface area contributed by atoms with Crippen molar-refractivity contribution in [3.05, 3.63) is 35.7 Å². The number of carbonyl (C=O) groups excluding carboxylic acids is 1. The molecule has 0 aliphatic carbocycles. The number of sulfonamides is 1. The number of para-hydroxylation sites is 2. The predicted octanol–water partition coefficient (Wildman–Crippen LogP) is 1.65. The zero-order valence-electron chi connectivity index (χ0n) is 17.0. The number of benzene rings is 1. The highest BCUT2D eigenvalue weighted by Gasteiger charge is 2.35. The van der Waals surface area contributed by atoms with E-state index in [4.69, 9.17) is 14.0 Å². The van der Waals surface area contributed by atoms with Gasteiger partial charge in [-0.05, 0) is 38.8 Å². The van der Waals surface area contributed by atoms with Crippen molar-refractivity contribution in [2.75, 3.05) is 26.2 Å². The highest BCUT2D eigenvalue weighted by atomic mass is 32.2. The molecule has 4 rings (SSSR count). The van der Waals surface area contributed by atoms with Crippen LogP contribution in [0.1, 0.15) is 24.3 Å². The molecule has 1 saturated heterocycles. The summed E-state index contributed by atoms with van der Waals surface area (Å²) in [5, 5.41) is 6.65. The molecule has 0 radical (unpaired) electrons. The average molecular weight is 436 g/mol. The van der Waals surface area contributed by atoms with Gasteiger partial charge in [-0.15, -0.1) is 0 Å². The summed E-state index contributed by atoms with van der Waals surface area (Å²) in [5.41, 5.74) is 0.351. The first-order chi connectivity index (χ1) is 14.4. The Bertz CT molecular complexity index is 1010. The number of nitrogens with zero attached hydrogens (tertiary/aromatic N) is 2. The molecule has 2 aliphatic heterocycles. The number of aromatic nitrogens is 1. The van der Waals surface area contributed by atoms with E-state index in [-0.39, 0.29) is 41.7 Å². The van der Waals surface area contributed by atoms with Crippen molar-refractivity contribution in [2.24, 2.45) is 5.92 Å². The second-order valence-corrected chi connectivity index (χ2v) is 9.45. The fraction of sp³-hybridized carbons (Fsp3) is 0.500. The summed E-state index contributed by atoms with van der Waals surface area (Å²) in [6, 6.07) is 7.42. The average Bonchev–Trinajstić information content (AvgIpc) is 3.10. The summed E-state index contributed by atoms with van der Waals surface area (Å²) in [4.78, 5) is 12.7. The molecule has 1 N–H and O–H groups in total. The van der Waals surface area contributed by atoms with Gasteiger partial charge in [0.15, 0.2) is 17.3 Å². The van der Waals surface area contributed by atoms with E-state index >= 15 is 0 Å². The molecule has 9 nitrogen and oxygen atoms in total. The molecule has 2 aromatic rings. The Labute approximate surface area is 175 Å². The first-order valence-corrected chi connectivity index (χ1v) is 11.4. The van der Waals surface area contributed by atoms with Crippen molar-refractivity contribution < 1.29 is 27.2 Å². The molecule has 2 aliphatic rings. The molecule has 1 aromatic heterocycles. The van der Waals surface area contributed by atoms with Crippen LogP contribution >= 0.6 is 0 Å². The van der Waals surface area contributed by atoms with Crippen LogP contribution in [0.5, 0.6) is 11.5 Å². The predicted molar refractivity (Wildman–Crippen MR) is 107 cm³/mol. The summed E-state index contributed by atoms with van der Waals surface area (Å²) >= 11 is 0. The van der Waals surface area contributed by atoms with E-state index in [0.717, 1.165) is 0 Å². The molecule has 162 valence electrons. The number of aryl methyl sites for hydroxylation is 2. The van der Waals surface area contributed by atoms with Gasteiger partial charge in [0.2, 0.25) is 15.9 Å². The number of rotatable bonds is 5. The van der Waals surface area contributed by atoms with Gasteiger partial charge in [0.05, 0.1) is 6.54 Å². The van der Waals surface area contributed by atoms with Gasteiger partial charge in [0.1, 0.15) is 23.3 Å². The molecular formula is C20H25N3O6S. The van der Waals surface area contributed by atoms with Crippen molar-refractivity contribution in [2.45, 2.75) is 37.7 Å². The van der Waals surface area contributed by atoms with E-state index in [1.165, 1.54) is 4.31 Å². The van der Waals surface area contributed by atoms with Crippen LogP contribution in [0.15, 0.2) is 33.7 Å². The van der Waals surface area contributed by atoms with Crippen LogP contribution in [-0.4, -0.2) is 56.1 Å². The number of piperidine rings is 1. The van der Waals surface area contributed by atoms with Gasteiger partial charge in [-0.1, -0.05) is 17.3 Å². The quantitative estimate of drug-likeness (QED) is 0.760. The van der Waals surface area contributed by atoms with Crippen LogP contribution in [0.4, 0.5) is 0 Å². The zero-order chi connectivity index (χ0) is 21.3. The first-order valence-electron chi connectivity index (χ1n) is 9.95. The Morgan fingerprint density at radius 3 is 2.57 bits per heavy atom. The molecule has 30 heavy (non-hydrogen) atoms. The van der Waals surface area contributed by atoms with E-state index in [1.807, 2.05) is 24.3 Å². The number of fused-ring (bicyclic) bond motifs is 1. The molecule has 0 spiro atoms. The van der Waals surface area contributed by atoms with E-state index in [9.17, 15) is 13.2 Å². The van der Waals surface area contributed by atoms with Crippen LogP contribution in [0.25, 0.3) is 0 Å². The fourth-order valence-corrected chi connectivity index (χ4v) is 5.61. The van der Waals surface area contributed by atoms with Crippen molar-refractivity contribution in [1.82, 2.24) is 14.8 Å². The lowest BCUT2D eigenvalue weighted by Crippen LogP contribution is -2.46. The monoisotopic (exact) mass is 435 g/mol. The second-order valence-electron chi connectivity index (χ2n) is 7.57. The molecule has 10 heteroatoms. The Hall–Kier alpha value is -2.59. The zero-order valence-corrected chi connectivity index (χ0v) is 17.8. The highest BCUT2D eigenvalue weighted by Crippen LogP contribution is 2.31. The van der Waals surface area contributed by atoms with Crippen molar-refractivity contribution in [3.63, 3.8) is 0 Å². The normalized spacial score (nSPS) is 20.1. The second kappa shape index (κ2) is 8.27. The molecule has 0 bridgehead atoms. The lowest BCUT2D eigenvalue weighted by molar-refractivity contribution is -0.126.